The van der Waals surface area contributed by atoms with Gasteiger partial charge < -0.3 is 27.2 Å². The summed E-state index contributed by atoms with van der Waals surface area (Å²) in [4.78, 5) is 2.41. The van der Waals surface area contributed by atoms with Gasteiger partial charge in [0, 0.05) is 44.0 Å². The van der Waals surface area contributed by atoms with Crippen molar-refractivity contribution in [1.82, 2.24) is 5.32 Å². The Kier molecular flexibility index (Phi) is 4.35. The minimum atomic E-state index is 0. The van der Waals surface area contributed by atoms with Gasteiger partial charge in [-0.2, -0.15) is 0 Å². The SMILES string of the molecule is C[n+]1ccc(N2CCNCC2)cc1.[Br-]. The number of aryl methyl sites for hydroxylation is 1. The van der Waals surface area contributed by atoms with Crippen LogP contribution in [0.3, 0.4) is 0 Å². The summed E-state index contributed by atoms with van der Waals surface area (Å²) in [7, 11) is 2.04. The molecular weight excluding hydrogens is 242 g/mol. The van der Waals surface area contributed by atoms with Crippen LogP contribution in [-0.2, 0) is 7.05 Å². The van der Waals surface area contributed by atoms with Crippen molar-refractivity contribution in [3.8, 4) is 0 Å². The normalized spacial score (nSPS) is 16.2. The molecule has 1 aliphatic rings. The molecule has 0 radical (unpaired) electrons. The zero-order valence-electron chi connectivity index (χ0n) is 8.41. The summed E-state index contributed by atoms with van der Waals surface area (Å²) in [6.07, 6.45) is 4.19. The third kappa shape index (κ3) is 2.69. The number of nitrogens with one attached hydrogen (secondary N) is 1. The first-order valence-corrected chi connectivity index (χ1v) is 4.77. The largest absolute Gasteiger partial charge is 1.00 e. The van der Waals surface area contributed by atoms with E-state index >= 15 is 0 Å². The Morgan fingerprint density at radius 1 is 1.21 bits per heavy atom. The standard InChI is InChI=1S/C10H16N3.BrH/c1-12-6-2-10(3-7-12)13-8-4-11-5-9-13;/h2-3,6-7,11H,4-5,8-9H2,1H3;1H/q+1;/p-1. The van der Waals surface area contributed by atoms with Crippen molar-refractivity contribution in [3.63, 3.8) is 0 Å². The average molecular weight is 258 g/mol. The van der Waals surface area contributed by atoms with Gasteiger partial charge in [-0.05, 0) is 0 Å². The molecule has 1 saturated heterocycles. The van der Waals surface area contributed by atoms with E-state index < -0.39 is 0 Å². The van der Waals surface area contributed by atoms with Crippen LogP contribution in [0, 0.1) is 0 Å². The quantitative estimate of drug-likeness (QED) is 0.539. The number of piperazine rings is 1. The highest BCUT2D eigenvalue weighted by molar-refractivity contribution is 5.44. The fourth-order valence-electron chi connectivity index (χ4n) is 1.63. The second kappa shape index (κ2) is 5.32. The summed E-state index contributed by atoms with van der Waals surface area (Å²) in [5.74, 6) is 0. The van der Waals surface area contributed by atoms with Crippen molar-refractivity contribution >= 4 is 5.69 Å². The zero-order chi connectivity index (χ0) is 9.10. The van der Waals surface area contributed by atoms with Gasteiger partial charge in [0.15, 0.2) is 12.4 Å². The lowest BCUT2D eigenvalue weighted by atomic mass is 10.3. The number of aromatic nitrogens is 1. The van der Waals surface area contributed by atoms with Gasteiger partial charge in [-0.1, -0.05) is 0 Å². The van der Waals surface area contributed by atoms with Crippen molar-refractivity contribution < 1.29 is 21.5 Å². The zero-order valence-corrected chi connectivity index (χ0v) is 10.00. The highest BCUT2D eigenvalue weighted by Gasteiger charge is 2.10. The predicted molar refractivity (Wildman–Crippen MR) is 52.7 cm³/mol. The third-order valence-electron chi connectivity index (χ3n) is 2.44. The van der Waals surface area contributed by atoms with E-state index in [1.165, 1.54) is 5.69 Å². The lowest BCUT2D eigenvalue weighted by Gasteiger charge is -2.28. The van der Waals surface area contributed by atoms with Gasteiger partial charge in [-0.15, -0.1) is 0 Å². The topological polar surface area (TPSA) is 19.1 Å². The molecule has 2 heterocycles. The van der Waals surface area contributed by atoms with Crippen LogP contribution >= 0.6 is 0 Å². The molecule has 0 bridgehead atoms. The Labute approximate surface area is 95.5 Å². The number of hydrogen-bond donors (Lipinski definition) is 1. The van der Waals surface area contributed by atoms with Crippen molar-refractivity contribution in [2.75, 3.05) is 31.1 Å². The Hall–Kier alpha value is -0.610. The molecule has 1 N–H and O–H groups in total. The summed E-state index contributed by atoms with van der Waals surface area (Å²) in [6.45, 7) is 4.43. The first-order chi connectivity index (χ1) is 6.36. The summed E-state index contributed by atoms with van der Waals surface area (Å²) in [6, 6.07) is 4.34. The van der Waals surface area contributed by atoms with Crippen LogP contribution in [0.2, 0.25) is 0 Å². The van der Waals surface area contributed by atoms with Crippen molar-refractivity contribution in [2.24, 2.45) is 7.05 Å². The maximum atomic E-state index is 3.35. The monoisotopic (exact) mass is 257 g/mol. The van der Waals surface area contributed by atoms with Gasteiger partial charge in [0.2, 0.25) is 0 Å². The Bertz CT molecular complexity index is 267. The minimum Gasteiger partial charge on any atom is -1.00 e. The van der Waals surface area contributed by atoms with E-state index in [4.69, 9.17) is 0 Å². The van der Waals surface area contributed by atoms with Crippen LogP contribution in [0.1, 0.15) is 0 Å². The molecule has 4 heteroatoms. The van der Waals surface area contributed by atoms with Crippen LogP contribution in [0.4, 0.5) is 5.69 Å². The van der Waals surface area contributed by atoms with E-state index in [0.717, 1.165) is 26.2 Å². The van der Waals surface area contributed by atoms with Gasteiger partial charge in [-0.25, -0.2) is 4.57 Å². The second-order valence-electron chi connectivity index (χ2n) is 3.46. The molecule has 0 saturated carbocycles. The smallest absolute Gasteiger partial charge is 0.170 e. The Morgan fingerprint density at radius 2 is 1.79 bits per heavy atom. The first kappa shape index (κ1) is 11.5. The minimum absolute atomic E-state index is 0. The lowest BCUT2D eigenvalue weighted by molar-refractivity contribution is -0.671. The Morgan fingerprint density at radius 3 is 2.36 bits per heavy atom. The van der Waals surface area contributed by atoms with E-state index in [1.807, 2.05) is 7.05 Å². The summed E-state index contributed by atoms with van der Waals surface area (Å²) < 4.78 is 2.06. The molecular formula is C10H16BrN3. The summed E-state index contributed by atoms with van der Waals surface area (Å²) in [5.41, 5.74) is 1.33. The Balaban J connectivity index is 0.000000980. The van der Waals surface area contributed by atoms with Crippen LogP contribution in [0.5, 0.6) is 0 Å². The molecule has 1 aliphatic heterocycles. The number of hydrogen-bond acceptors (Lipinski definition) is 2. The van der Waals surface area contributed by atoms with Crippen LogP contribution in [-0.4, -0.2) is 26.2 Å². The van der Waals surface area contributed by atoms with Gasteiger partial charge in [0.05, 0.1) is 0 Å². The van der Waals surface area contributed by atoms with Gasteiger partial charge in [-0.3, -0.25) is 0 Å². The fraction of sp³-hybridized carbons (Fsp3) is 0.500. The number of pyridine rings is 1. The molecule has 1 aromatic heterocycles. The number of rotatable bonds is 1. The highest BCUT2D eigenvalue weighted by Crippen LogP contribution is 2.11. The van der Waals surface area contributed by atoms with E-state index in [-0.39, 0.29) is 17.0 Å². The summed E-state index contributed by atoms with van der Waals surface area (Å²) >= 11 is 0. The van der Waals surface area contributed by atoms with E-state index in [2.05, 4.69) is 39.3 Å². The molecule has 0 spiro atoms. The molecule has 0 aromatic carbocycles. The molecule has 0 atom stereocenters. The average Bonchev–Trinajstić information content (AvgIpc) is 2.20. The van der Waals surface area contributed by atoms with Crippen molar-refractivity contribution in [1.29, 1.82) is 0 Å². The molecule has 2 rings (SSSR count). The summed E-state index contributed by atoms with van der Waals surface area (Å²) in [5, 5.41) is 3.35. The molecule has 1 fully saturated rings. The van der Waals surface area contributed by atoms with E-state index in [1.54, 1.807) is 0 Å². The molecule has 0 amide bonds. The third-order valence-corrected chi connectivity index (χ3v) is 2.44. The van der Waals surface area contributed by atoms with Crippen LogP contribution < -0.4 is 31.8 Å². The maximum Gasteiger partial charge on any atom is 0.170 e. The molecule has 0 unspecified atom stereocenters. The molecule has 3 nitrogen and oxygen atoms in total. The highest BCUT2D eigenvalue weighted by atomic mass is 79.9. The van der Waals surface area contributed by atoms with E-state index in [0.29, 0.717) is 0 Å². The first-order valence-electron chi connectivity index (χ1n) is 4.77. The van der Waals surface area contributed by atoms with Gasteiger partial charge in [0.25, 0.3) is 0 Å². The molecule has 1 aromatic rings. The number of nitrogens with zero attached hydrogens (tertiary/aromatic N) is 2. The number of anilines is 1. The van der Waals surface area contributed by atoms with Gasteiger partial charge in [0.1, 0.15) is 7.05 Å². The molecule has 0 aliphatic carbocycles. The van der Waals surface area contributed by atoms with Crippen LogP contribution in [0.15, 0.2) is 24.5 Å². The van der Waals surface area contributed by atoms with E-state index in [9.17, 15) is 0 Å². The number of halogens is 1. The fourth-order valence-corrected chi connectivity index (χ4v) is 1.63. The maximum absolute atomic E-state index is 3.35. The second-order valence-corrected chi connectivity index (χ2v) is 3.46. The van der Waals surface area contributed by atoms with Crippen molar-refractivity contribution in [3.05, 3.63) is 24.5 Å². The predicted octanol–water partition coefficient (Wildman–Crippen LogP) is -3.08. The lowest BCUT2D eigenvalue weighted by Crippen LogP contribution is -3.00. The van der Waals surface area contributed by atoms with Crippen molar-refractivity contribution in [2.45, 2.75) is 0 Å². The molecule has 78 valence electrons. The van der Waals surface area contributed by atoms with Crippen LogP contribution in [0.25, 0.3) is 0 Å². The van der Waals surface area contributed by atoms with Gasteiger partial charge >= 0.3 is 0 Å². The molecule has 14 heavy (non-hydrogen) atoms.